The van der Waals surface area contributed by atoms with Crippen LogP contribution in [0.1, 0.15) is 21.6 Å². The number of pyridine rings is 1. The summed E-state index contributed by atoms with van der Waals surface area (Å²) in [6.45, 7) is 2.52. The Bertz CT molecular complexity index is 766. The summed E-state index contributed by atoms with van der Waals surface area (Å²) in [5.41, 5.74) is 3.70. The van der Waals surface area contributed by atoms with Crippen LogP contribution in [0.2, 0.25) is 0 Å². The lowest BCUT2D eigenvalue weighted by molar-refractivity contribution is 0.0946. The van der Waals surface area contributed by atoms with Gasteiger partial charge in [-0.2, -0.15) is 0 Å². The Morgan fingerprint density at radius 1 is 1.14 bits per heavy atom. The number of aryl methyl sites for hydroxylation is 1. The van der Waals surface area contributed by atoms with Crippen LogP contribution in [0.4, 0.5) is 0 Å². The van der Waals surface area contributed by atoms with Crippen molar-refractivity contribution in [2.45, 2.75) is 13.5 Å². The molecule has 2 heterocycles. The standard InChI is InChI=1S/C17H15N3OS/c1-12-2-4-14(5-3-12)17-20-15(11-22-17)16(21)19-10-13-6-8-18-9-7-13/h2-9,11H,10H2,1H3,(H,19,21). The third kappa shape index (κ3) is 3.38. The van der Waals surface area contributed by atoms with Crippen LogP contribution in [-0.4, -0.2) is 15.9 Å². The molecular weight excluding hydrogens is 294 g/mol. The van der Waals surface area contributed by atoms with Crippen molar-refractivity contribution in [2.75, 3.05) is 0 Å². The number of nitrogens with one attached hydrogen (secondary N) is 1. The van der Waals surface area contributed by atoms with E-state index in [1.165, 1.54) is 16.9 Å². The summed E-state index contributed by atoms with van der Waals surface area (Å²) >= 11 is 1.48. The number of benzene rings is 1. The number of hydrogen-bond acceptors (Lipinski definition) is 4. The highest BCUT2D eigenvalue weighted by Gasteiger charge is 2.11. The monoisotopic (exact) mass is 309 g/mol. The van der Waals surface area contributed by atoms with Crippen LogP contribution in [-0.2, 0) is 6.54 Å². The average Bonchev–Trinajstić information content (AvgIpc) is 3.04. The van der Waals surface area contributed by atoms with Crippen LogP contribution >= 0.6 is 11.3 Å². The van der Waals surface area contributed by atoms with Gasteiger partial charge < -0.3 is 5.32 Å². The Morgan fingerprint density at radius 2 is 1.86 bits per heavy atom. The first-order valence-electron chi connectivity index (χ1n) is 6.92. The molecule has 0 radical (unpaired) electrons. The molecular formula is C17H15N3OS. The Balaban J connectivity index is 1.68. The Kier molecular flexibility index (Phi) is 4.25. The van der Waals surface area contributed by atoms with Crippen molar-refractivity contribution < 1.29 is 4.79 Å². The minimum Gasteiger partial charge on any atom is -0.347 e. The maximum Gasteiger partial charge on any atom is 0.271 e. The first-order valence-corrected chi connectivity index (χ1v) is 7.80. The molecule has 3 rings (SSSR count). The molecule has 1 aromatic carbocycles. The van der Waals surface area contributed by atoms with Gasteiger partial charge in [-0.05, 0) is 24.6 Å². The predicted molar refractivity (Wildman–Crippen MR) is 87.7 cm³/mol. The fraction of sp³-hybridized carbons (Fsp3) is 0.118. The van der Waals surface area contributed by atoms with Crippen molar-refractivity contribution in [3.8, 4) is 10.6 Å². The van der Waals surface area contributed by atoms with E-state index in [0.717, 1.165) is 16.1 Å². The van der Waals surface area contributed by atoms with Crippen molar-refractivity contribution >= 4 is 17.2 Å². The smallest absolute Gasteiger partial charge is 0.271 e. The molecule has 2 aromatic heterocycles. The second-order valence-electron chi connectivity index (χ2n) is 4.94. The van der Waals surface area contributed by atoms with Crippen molar-refractivity contribution in [1.82, 2.24) is 15.3 Å². The number of aromatic nitrogens is 2. The van der Waals surface area contributed by atoms with E-state index < -0.39 is 0 Å². The summed E-state index contributed by atoms with van der Waals surface area (Å²) in [4.78, 5) is 20.5. The topological polar surface area (TPSA) is 54.9 Å². The van der Waals surface area contributed by atoms with E-state index in [-0.39, 0.29) is 5.91 Å². The van der Waals surface area contributed by atoms with Gasteiger partial charge in [0, 0.05) is 29.9 Å². The highest BCUT2D eigenvalue weighted by molar-refractivity contribution is 7.13. The first kappa shape index (κ1) is 14.4. The number of nitrogens with zero attached hydrogens (tertiary/aromatic N) is 2. The zero-order valence-corrected chi connectivity index (χ0v) is 12.9. The summed E-state index contributed by atoms with van der Waals surface area (Å²) in [6, 6.07) is 11.9. The van der Waals surface area contributed by atoms with Gasteiger partial charge in [0.1, 0.15) is 10.7 Å². The lowest BCUT2D eigenvalue weighted by Gasteiger charge is -2.02. The number of thiazole rings is 1. The van der Waals surface area contributed by atoms with Gasteiger partial charge in [0.05, 0.1) is 0 Å². The molecule has 0 atom stereocenters. The summed E-state index contributed by atoms with van der Waals surface area (Å²) in [5, 5.41) is 5.51. The van der Waals surface area contributed by atoms with Gasteiger partial charge in [0.2, 0.25) is 0 Å². The first-order chi connectivity index (χ1) is 10.7. The van der Waals surface area contributed by atoms with Gasteiger partial charge in [0.25, 0.3) is 5.91 Å². The molecule has 1 N–H and O–H groups in total. The van der Waals surface area contributed by atoms with Crippen LogP contribution < -0.4 is 5.32 Å². The Labute approximate surface area is 132 Å². The van der Waals surface area contributed by atoms with Crippen molar-refractivity contribution in [1.29, 1.82) is 0 Å². The third-order valence-corrected chi connectivity index (χ3v) is 4.13. The molecule has 5 heteroatoms. The Hall–Kier alpha value is -2.53. The predicted octanol–water partition coefficient (Wildman–Crippen LogP) is 3.44. The van der Waals surface area contributed by atoms with E-state index in [1.807, 2.05) is 43.3 Å². The van der Waals surface area contributed by atoms with Crippen molar-refractivity contribution in [3.63, 3.8) is 0 Å². The average molecular weight is 309 g/mol. The molecule has 22 heavy (non-hydrogen) atoms. The molecule has 0 fully saturated rings. The van der Waals surface area contributed by atoms with Gasteiger partial charge in [0.15, 0.2) is 0 Å². The summed E-state index contributed by atoms with van der Waals surface area (Å²) in [7, 11) is 0. The van der Waals surface area contributed by atoms with Crippen molar-refractivity contribution in [3.05, 3.63) is 71.0 Å². The summed E-state index contributed by atoms with van der Waals surface area (Å²) in [6.07, 6.45) is 3.42. The fourth-order valence-corrected chi connectivity index (χ4v) is 2.79. The SMILES string of the molecule is Cc1ccc(-c2nc(C(=O)NCc3ccncc3)cs2)cc1. The molecule has 0 aliphatic heterocycles. The van der Waals surface area contributed by atoms with Crippen LogP contribution in [0.3, 0.4) is 0 Å². The molecule has 0 spiro atoms. The number of carbonyl (C=O) groups is 1. The molecule has 4 nitrogen and oxygen atoms in total. The second-order valence-corrected chi connectivity index (χ2v) is 5.80. The van der Waals surface area contributed by atoms with Crippen molar-refractivity contribution in [2.24, 2.45) is 0 Å². The van der Waals surface area contributed by atoms with Gasteiger partial charge in [-0.15, -0.1) is 11.3 Å². The van der Waals surface area contributed by atoms with E-state index in [9.17, 15) is 4.79 Å². The number of hydrogen-bond donors (Lipinski definition) is 1. The van der Waals surface area contributed by atoms with Gasteiger partial charge >= 0.3 is 0 Å². The van der Waals surface area contributed by atoms with Gasteiger partial charge in [-0.1, -0.05) is 29.8 Å². The minimum atomic E-state index is -0.161. The minimum absolute atomic E-state index is 0.161. The highest BCUT2D eigenvalue weighted by atomic mass is 32.1. The van der Waals surface area contributed by atoms with Crippen LogP contribution in [0.15, 0.2) is 54.2 Å². The maximum atomic E-state index is 12.1. The van der Waals surface area contributed by atoms with E-state index >= 15 is 0 Å². The van der Waals surface area contributed by atoms with Crippen LogP contribution in [0.5, 0.6) is 0 Å². The lowest BCUT2D eigenvalue weighted by atomic mass is 10.2. The van der Waals surface area contributed by atoms with Gasteiger partial charge in [-0.3, -0.25) is 9.78 Å². The summed E-state index contributed by atoms with van der Waals surface area (Å²) < 4.78 is 0. The largest absolute Gasteiger partial charge is 0.347 e. The normalized spacial score (nSPS) is 10.4. The molecule has 3 aromatic rings. The molecule has 0 saturated carbocycles. The Morgan fingerprint density at radius 3 is 2.59 bits per heavy atom. The fourth-order valence-electron chi connectivity index (χ4n) is 1.98. The van der Waals surface area contributed by atoms with E-state index in [4.69, 9.17) is 0 Å². The molecule has 1 amide bonds. The molecule has 0 unspecified atom stereocenters. The quantitative estimate of drug-likeness (QED) is 0.803. The lowest BCUT2D eigenvalue weighted by Crippen LogP contribution is -2.23. The van der Waals surface area contributed by atoms with Gasteiger partial charge in [-0.25, -0.2) is 4.98 Å². The second kappa shape index (κ2) is 6.49. The third-order valence-electron chi connectivity index (χ3n) is 3.24. The molecule has 0 aliphatic rings. The van der Waals surface area contributed by atoms with E-state index in [1.54, 1.807) is 17.8 Å². The molecule has 0 saturated heterocycles. The summed E-state index contributed by atoms with van der Waals surface area (Å²) in [5.74, 6) is -0.161. The van der Waals surface area contributed by atoms with E-state index in [0.29, 0.717) is 12.2 Å². The number of amides is 1. The molecule has 110 valence electrons. The zero-order chi connectivity index (χ0) is 15.4. The zero-order valence-electron chi connectivity index (χ0n) is 12.1. The van der Waals surface area contributed by atoms with Crippen LogP contribution in [0, 0.1) is 6.92 Å². The van der Waals surface area contributed by atoms with E-state index in [2.05, 4.69) is 15.3 Å². The number of rotatable bonds is 4. The molecule has 0 bridgehead atoms. The highest BCUT2D eigenvalue weighted by Crippen LogP contribution is 2.23. The molecule has 0 aliphatic carbocycles. The van der Waals surface area contributed by atoms with Crippen LogP contribution in [0.25, 0.3) is 10.6 Å². The maximum absolute atomic E-state index is 12.1. The number of carbonyl (C=O) groups excluding carboxylic acids is 1.